The lowest BCUT2D eigenvalue weighted by Gasteiger charge is -2.57. The fraction of sp³-hybridized carbons (Fsp3) is 0.571. The lowest BCUT2D eigenvalue weighted by Crippen LogP contribution is -2.83. The predicted molar refractivity (Wildman–Crippen MR) is 209 cm³/mol. The molecular weight excluding hydrogens is 649 g/mol. The second-order valence-electron chi connectivity index (χ2n) is 16.9. The molecule has 5 fully saturated rings. The average Bonchev–Trinajstić information content (AvgIpc) is 3.10. The van der Waals surface area contributed by atoms with Crippen molar-refractivity contribution in [2.45, 2.75) is 85.2 Å². The Morgan fingerprint density at radius 3 is 2.35 bits per heavy atom. The SMILES string of the molecule is Cc1cc(C)c(CNC(=O)c2cc(-c3ccc(N4CCN(CCNCCC56CC7CC(CC(C7)C5)C6)CC4)nc3)cc([NH2+]C(C)C)c2C=N)c(=O)[nH]1. The number of aryl methyl sites for hydroxylation is 2. The van der Waals surface area contributed by atoms with Crippen molar-refractivity contribution < 1.29 is 10.1 Å². The zero-order valence-corrected chi connectivity index (χ0v) is 31.7. The highest BCUT2D eigenvalue weighted by atomic mass is 16.1. The minimum Gasteiger partial charge on any atom is -0.354 e. The number of H-pyrrole nitrogens is 1. The summed E-state index contributed by atoms with van der Waals surface area (Å²) < 4.78 is 0. The van der Waals surface area contributed by atoms with E-state index in [0.717, 1.165) is 90.9 Å². The van der Waals surface area contributed by atoms with Gasteiger partial charge in [0.1, 0.15) is 11.5 Å². The molecule has 0 unspecified atom stereocenters. The van der Waals surface area contributed by atoms with E-state index in [-0.39, 0.29) is 24.1 Å². The van der Waals surface area contributed by atoms with Gasteiger partial charge >= 0.3 is 0 Å². The molecule has 278 valence electrons. The first-order valence-electron chi connectivity index (χ1n) is 19.7. The predicted octanol–water partition coefficient (Wildman–Crippen LogP) is 4.90. The van der Waals surface area contributed by atoms with Gasteiger partial charge in [-0.3, -0.25) is 14.5 Å². The molecule has 1 aliphatic heterocycles. The number of hydrogen-bond acceptors (Lipinski definition) is 7. The number of piperazine rings is 1. The third kappa shape index (κ3) is 8.19. The van der Waals surface area contributed by atoms with Crippen molar-refractivity contribution in [3.8, 4) is 11.1 Å². The Labute approximate surface area is 309 Å². The molecule has 4 saturated carbocycles. The maximum Gasteiger partial charge on any atom is 0.253 e. The molecule has 52 heavy (non-hydrogen) atoms. The maximum atomic E-state index is 13.6. The molecule has 10 nitrogen and oxygen atoms in total. The Morgan fingerprint density at radius 1 is 1.02 bits per heavy atom. The summed E-state index contributed by atoms with van der Waals surface area (Å²) in [5.74, 6) is 3.76. The molecule has 2 aromatic heterocycles. The fourth-order valence-electron chi connectivity index (χ4n) is 10.3. The van der Waals surface area contributed by atoms with Crippen LogP contribution in [0.3, 0.4) is 0 Å². The summed E-state index contributed by atoms with van der Waals surface area (Å²) in [5.41, 5.74) is 6.19. The number of nitrogens with one attached hydrogen (secondary N) is 4. The number of amides is 1. The van der Waals surface area contributed by atoms with Crippen LogP contribution < -0.4 is 26.4 Å². The van der Waals surface area contributed by atoms with Gasteiger partial charge in [-0.1, -0.05) is 0 Å². The van der Waals surface area contributed by atoms with E-state index in [1.807, 2.05) is 38.2 Å². The monoisotopic (exact) mass is 707 g/mol. The zero-order valence-electron chi connectivity index (χ0n) is 31.7. The Morgan fingerprint density at radius 2 is 1.73 bits per heavy atom. The maximum absolute atomic E-state index is 13.6. The third-order valence-corrected chi connectivity index (χ3v) is 12.4. The number of nitrogens with two attached hydrogens (primary N) is 1. The molecule has 0 spiro atoms. The molecule has 4 aliphatic carbocycles. The molecule has 3 aromatic rings. The first-order chi connectivity index (χ1) is 25.1. The van der Waals surface area contributed by atoms with E-state index in [4.69, 9.17) is 10.4 Å². The van der Waals surface area contributed by atoms with Gasteiger partial charge in [-0.2, -0.15) is 0 Å². The third-order valence-electron chi connectivity index (χ3n) is 12.4. The molecule has 5 aliphatic rings. The normalized spacial score (nSPS) is 24.1. The topological polar surface area (TPSA) is 134 Å². The van der Waals surface area contributed by atoms with Gasteiger partial charge in [-0.25, -0.2) is 4.98 Å². The van der Waals surface area contributed by atoms with Crippen molar-refractivity contribution in [2.24, 2.45) is 23.2 Å². The summed E-state index contributed by atoms with van der Waals surface area (Å²) >= 11 is 0. The van der Waals surface area contributed by atoms with Crippen molar-refractivity contribution in [1.82, 2.24) is 25.5 Å². The van der Waals surface area contributed by atoms with Gasteiger partial charge in [0.05, 0.1) is 17.2 Å². The number of anilines is 1. The van der Waals surface area contributed by atoms with E-state index in [2.05, 4.69) is 56.7 Å². The van der Waals surface area contributed by atoms with Crippen LogP contribution in [-0.4, -0.2) is 78.8 Å². The number of hydrogen-bond donors (Lipinski definition) is 5. The Hall–Kier alpha value is -3.86. The number of rotatable bonds is 14. The molecule has 1 saturated heterocycles. The molecule has 1 amide bonds. The van der Waals surface area contributed by atoms with Gasteiger partial charge < -0.3 is 31.2 Å². The van der Waals surface area contributed by atoms with Crippen LogP contribution in [0.5, 0.6) is 0 Å². The molecule has 0 atom stereocenters. The molecule has 1 aromatic carbocycles. The van der Waals surface area contributed by atoms with Crippen LogP contribution >= 0.6 is 0 Å². The number of quaternary nitrogens is 1. The van der Waals surface area contributed by atoms with Gasteiger partial charge in [0.25, 0.3) is 11.5 Å². The lowest BCUT2D eigenvalue weighted by atomic mass is 9.49. The van der Waals surface area contributed by atoms with E-state index in [1.54, 1.807) is 0 Å². The number of carbonyl (C=O) groups excluding carboxylic acids is 1. The van der Waals surface area contributed by atoms with E-state index in [9.17, 15) is 9.59 Å². The number of pyridine rings is 2. The minimum atomic E-state index is -0.321. The lowest BCUT2D eigenvalue weighted by molar-refractivity contribution is -0.603. The number of nitrogens with zero attached hydrogens (tertiary/aromatic N) is 3. The van der Waals surface area contributed by atoms with Gasteiger partial charge in [0.2, 0.25) is 0 Å². The van der Waals surface area contributed by atoms with Crippen LogP contribution in [0.15, 0.2) is 41.3 Å². The molecular formula is C42H59N8O2+. The highest BCUT2D eigenvalue weighted by molar-refractivity contribution is 6.05. The summed E-state index contributed by atoms with van der Waals surface area (Å²) in [4.78, 5) is 38.9. The van der Waals surface area contributed by atoms with Gasteiger partial charge in [-0.15, -0.1) is 0 Å². The van der Waals surface area contributed by atoms with Crippen molar-refractivity contribution in [1.29, 1.82) is 5.41 Å². The fourth-order valence-corrected chi connectivity index (χ4v) is 10.3. The summed E-state index contributed by atoms with van der Waals surface area (Å²) in [6.45, 7) is 15.3. The Balaban J connectivity index is 0.940. The standard InChI is InChI=1S/C42H58N8O2/c1-27(2)47-38-20-34(19-35(36(38)24-43)40(51)46-26-37-28(3)15-29(4)48-41(37)52)33-5-6-39(45-25-33)50-13-11-49(12-14-50)10-9-44-8-7-42-21-30-16-31(22-42)18-32(17-30)23-42/h5-6,15,19-20,24-25,27,30-32,43-44,47H,7-14,16-18,21-23,26H2,1-4H3,(H,46,51)(H,48,52)/p+1. The van der Waals surface area contributed by atoms with Crippen LogP contribution in [0.1, 0.15) is 91.5 Å². The summed E-state index contributed by atoms with van der Waals surface area (Å²) in [7, 11) is 0. The summed E-state index contributed by atoms with van der Waals surface area (Å²) in [6, 6.07) is 10.2. The smallest absolute Gasteiger partial charge is 0.253 e. The molecule has 8 rings (SSSR count). The number of aromatic nitrogens is 2. The molecule has 10 heteroatoms. The molecule has 6 N–H and O–H groups in total. The van der Waals surface area contributed by atoms with E-state index in [1.165, 1.54) is 57.7 Å². The quantitative estimate of drug-likeness (QED) is 0.0920. The summed E-state index contributed by atoms with van der Waals surface area (Å²) in [5, 5.41) is 17.0. The Bertz CT molecular complexity index is 1770. The molecule has 4 bridgehead atoms. The van der Waals surface area contributed by atoms with E-state index >= 15 is 0 Å². The van der Waals surface area contributed by atoms with Crippen LogP contribution in [0.25, 0.3) is 11.1 Å². The average molecular weight is 708 g/mol. The van der Waals surface area contributed by atoms with Gasteiger partial charge in [-0.05, 0) is 138 Å². The van der Waals surface area contributed by atoms with Crippen molar-refractivity contribution in [3.63, 3.8) is 0 Å². The van der Waals surface area contributed by atoms with Crippen LogP contribution in [0, 0.1) is 42.4 Å². The molecule has 0 radical (unpaired) electrons. The first-order valence-corrected chi connectivity index (χ1v) is 19.7. The van der Waals surface area contributed by atoms with Crippen molar-refractivity contribution in [3.05, 3.63) is 74.8 Å². The number of carbonyl (C=O) groups is 1. The Kier molecular flexibility index (Phi) is 11.0. The van der Waals surface area contributed by atoms with E-state index < -0.39 is 0 Å². The highest BCUT2D eigenvalue weighted by Crippen LogP contribution is 2.61. The zero-order chi connectivity index (χ0) is 36.4. The van der Waals surface area contributed by atoms with Gasteiger partial charge in [0.15, 0.2) is 0 Å². The van der Waals surface area contributed by atoms with Crippen molar-refractivity contribution in [2.75, 3.05) is 50.7 Å². The van der Waals surface area contributed by atoms with Crippen LogP contribution in [0.2, 0.25) is 0 Å². The summed E-state index contributed by atoms with van der Waals surface area (Å²) in [6.07, 6.45) is 13.6. The number of aromatic amines is 1. The largest absolute Gasteiger partial charge is 0.354 e. The van der Waals surface area contributed by atoms with Gasteiger partial charge in [0, 0.05) is 81.1 Å². The van der Waals surface area contributed by atoms with Crippen molar-refractivity contribution >= 4 is 23.6 Å². The second kappa shape index (κ2) is 15.6. The molecule has 3 heterocycles. The first kappa shape index (κ1) is 36.5. The minimum absolute atomic E-state index is 0.104. The second-order valence-corrected chi connectivity index (χ2v) is 16.9. The van der Waals surface area contributed by atoms with Crippen LogP contribution in [-0.2, 0) is 6.54 Å². The van der Waals surface area contributed by atoms with E-state index in [0.29, 0.717) is 22.1 Å². The number of benzene rings is 1. The van der Waals surface area contributed by atoms with Crippen LogP contribution in [0.4, 0.5) is 11.5 Å². The highest BCUT2D eigenvalue weighted by Gasteiger charge is 2.50.